The van der Waals surface area contributed by atoms with Gasteiger partial charge < -0.3 is 4.74 Å². The van der Waals surface area contributed by atoms with Gasteiger partial charge in [-0.05, 0) is 42.7 Å². The van der Waals surface area contributed by atoms with Crippen LogP contribution in [0.1, 0.15) is 37.8 Å². The number of aryl methyl sites for hydroxylation is 1. The fraction of sp³-hybridized carbons (Fsp3) is 0.500. The summed E-state index contributed by atoms with van der Waals surface area (Å²) in [5, 5.41) is 4.06. The molecule has 98 valence electrons. The van der Waals surface area contributed by atoms with Gasteiger partial charge in [-0.3, -0.25) is 4.68 Å². The van der Waals surface area contributed by atoms with Crippen LogP contribution in [0.2, 0.25) is 0 Å². The van der Waals surface area contributed by atoms with Crippen molar-refractivity contribution in [1.29, 1.82) is 0 Å². The van der Waals surface area contributed by atoms with Gasteiger partial charge in [0.05, 0.1) is 0 Å². The molecule has 0 radical (unpaired) electrons. The number of aromatic nitrogens is 2. The minimum absolute atomic E-state index is 0.305. The van der Waals surface area contributed by atoms with Crippen molar-refractivity contribution in [3.63, 3.8) is 0 Å². The summed E-state index contributed by atoms with van der Waals surface area (Å²) in [5.74, 6) is 0.0717. The Bertz CT molecular complexity index is 625. The molecule has 4 rings (SSSR count). The highest BCUT2D eigenvalue weighted by molar-refractivity contribution is 6.10. The molecule has 1 spiro atoms. The summed E-state index contributed by atoms with van der Waals surface area (Å²) in [6, 6.07) is 1.80. The number of ether oxygens (including phenoxy) is 1. The zero-order valence-corrected chi connectivity index (χ0v) is 10.8. The fourth-order valence-electron chi connectivity index (χ4n) is 3.27. The molecule has 1 aliphatic heterocycles. The Hall–Kier alpha value is -1.91. The van der Waals surface area contributed by atoms with Gasteiger partial charge in [-0.2, -0.15) is 5.10 Å². The predicted octanol–water partition coefficient (Wildman–Crippen LogP) is 1.94. The van der Waals surface area contributed by atoms with Crippen molar-refractivity contribution in [2.24, 2.45) is 17.5 Å². The van der Waals surface area contributed by atoms with E-state index < -0.39 is 0 Å². The van der Waals surface area contributed by atoms with E-state index in [0.717, 1.165) is 18.5 Å². The lowest BCUT2D eigenvalue weighted by atomic mass is 9.54. The van der Waals surface area contributed by atoms with Crippen molar-refractivity contribution in [2.45, 2.75) is 32.1 Å². The Labute approximate surface area is 111 Å². The van der Waals surface area contributed by atoms with E-state index in [1.54, 1.807) is 16.9 Å². The largest absolute Gasteiger partial charge is 0.400 e. The van der Waals surface area contributed by atoms with Gasteiger partial charge in [0.25, 0.3) is 0 Å². The molecule has 19 heavy (non-hydrogen) atoms. The molecule has 2 saturated carbocycles. The second kappa shape index (κ2) is 3.56. The van der Waals surface area contributed by atoms with Crippen LogP contribution in [0.3, 0.4) is 0 Å². The third-order valence-corrected chi connectivity index (χ3v) is 4.56. The topological polar surface area (TPSA) is 56.5 Å². The zero-order valence-electron chi connectivity index (χ0n) is 10.8. The molecule has 5 nitrogen and oxygen atoms in total. The van der Waals surface area contributed by atoms with Crippen LogP contribution < -0.4 is 0 Å². The van der Waals surface area contributed by atoms with E-state index in [1.807, 2.05) is 7.05 Å². The molecule has 0 unspecified atom stereocenters. The first-order valence-corrected chi connectivity index (χ1v) is 6.68. The first-order chi connectivity index (χ1) is 9.17. The summed E-state index contributed by atoms with van der Waals surface area (Å²) in [4.78, 5) is 16.3. The van der Waals surface area contributed by atoms with Crippen LogP contribution in [0.25, 0.3) is 0 Å². The lowest BCUT2D eigenvalue weighted by molar-refractivity contribution is -0.130. The number of rotatable bonds is 1. The van der Waals surface area contributed by atoms with E-state index in [1.165, 1.54) is 24.8 Å². The maximum absolute atomic E-state index is 11.9. The van der Waals surface area contributed by atoms with Crippen LogP contribution in [0.5, 0.6) is 0 Å². The molecule has 0 bridgehead atoms. The Balaban J connectivity index is 1.64. The molecule has 0 saturated heterocycles. The molecule has 0 N–H and O–H groups in total. The monoisotopic (exact) mass is 257 g/mol. The molecule has 2 fully saturated rings. The number of esters is 1. The van der Waals surface area contributed by atoms with Crippen molar-refractivity contribution >= 4 is 11.9 Å². The number of cyclic esters (lactones) is 1. The molecule has 1 aromatic rings. The Morgan fingerprint density at radius 2 is 2.16 bits per heavy atom. The first kappa shape index (κ1) is 11.0. The van der Waals surface area contributed by atoms with Crippen LogP contribution in [0.4, 0.5) is 0 Å². The quantitative estimate of drug-likeness (QED) is 0.570. The molecular formula is C14H15N3O2. The molecule has 3 aliphatic rings. The average Bonchev–Trinajstić information content (AvgIpc) is 2.82. The summed E-state index contributed by atoms with van der Waals surface area (Å²) < 4.78 is 6.93. The van der Waals surface area contributed by atoms with Crippen LogP contribution >= 0.6 is 0 Å². The SMILES string of the molecule is Cn1nccc1C1=NC(=C2CC3(CCC3)C2)C(=O)O1. The van der Waals surface area contributed by atoms with E-state index in [4.69, 9.17) is 4.74 Å². The minimum Gasteiger partial charge on any atom is -0.400 e. The molecule has 0 amide bonds. The second-order valence-electron chi connectivity index (χ2n) is 5.81. The third-order valence-electron chi connectivity index (χ3n) is 4.56. The molecule has 1 aromatic heterocycles. The fourth-order valence-corrected chi connectivity index (χ4v) is 3.27. The summed E-state index contributed by atoms with van der Waals surface area (Å²) >= 11 is 0. The van der Waals surface area contributed by atoms with Gasteiger partial charge in [0.1, 0.15) is 5.69 Å². The number of hydrogen-bond acceptors (Lipinski definition) is 4. The number of hydrogen-bond donors (Lipinski definition) is 0. The van der Waals surface area contributed by atoms with Gasteiger partial charge in [0.15, 0.2) is 5.70 Å². The summed E-state index contributed by atoms with van der Waals surface area (Å²) in [7, 11) is 1.81. The molecule has 0 aromatic carbocycles. The third kappa shape index (κ3) is 1.50. The van der Waals surface area contributed by atoms with E-state index >= 15 is 0 Å². The molecular weight excluding hydrogens is 242 g/mol. The summed E-state index contributed by atoms with van der Waals surface area (Å²) in [5.41, 5.74) is 2.95. The van der Waals surface area contributed by atoms with Crippen molar-refractivity contribution in [1.82, 2.24) is 9.78 Å². The van der Waals surface area contributed by atoms with Crippen molar-refractivity contribution < 1.29 is 9.53 Å². The number of aliphatic imine (C=N–C) groups is 1. The van der Waals surface area contributed by atoms with Gasteiger partial charge in [0, 0.05) is 13.2 Å². The molecule has 0 atom stereocenters. The molecule has 2 aliphatic carbocycles. The van der Waals surface area contributed by atoms with E-state index in [-0.39, 0.29) is 5.97 Å². The molecule has 5 heteroatoms. The number of nitrogens with zero attached hydrogens (tertiary/aromatic N) is 3. The highest BCUT2D eigenvalue weighted by atomic mass is 16.6. The first-order valence-electron chi connectivity index (χ1n) is 6.68. The Morgan fingerprint density at radius 3 is 2.74 bits per heavy atom. The highest BCUT2D eigenvalue weighted by Gasteiger charge is 2.47. The maximum atomic E-state index is 11.9. The van der Waals surface area contributed by atoms with Crippen LogP contribution in [-0.4, -0.2) is 21.6 Å². The van der Waals surface area contributed by atoms with Crippen molar-refractivity contribution in [2.75, 3.05) is 0 Å². The van der Waals surface area contributed by atoms with E-state index in [2.05, 4.69) is 10.1 Å². The van der Waals surface area contributed by atoms with Gasteiger partial charge in [-0.25, -0.2) is 9.79 Å². The predicted molar refractivity (Wildman–Crippen MR) is 68.4 cm³/mol. The van der Waals surface area contributed by atoms with Crippen LogP contribution in [0.15, 0.2) is 28.5 Å². The van der Waals surface area contributed by atoms with Crippen LogP contribution in [0, 0.1) is 5.41 Å². The lowest BCUT2D eigenvalue weighted by Crippen LogP contribution is -2.38. The number of carbonyl (C=O) groups is 1. The minimum atomic E-state index is -0.305. The van der Waals surface area contributed by atoms with Gasteiger partial charge in [-0.15, -0.1) is 0 Å². The average molecular weight is 257 g/mol. The lowest BCUT2D eigenvalue weighted by Gasteiger charge is -2.51. The van der Waals surface area contributed by atoms with Crippen LogP contribution in [-0.2, 0) is 16.6 Å². The number of carbonyl (C=O) groups excluding carboxylic acids is 1. The van der Waals surface area contributed by atoms with E-state index in [0.29, 0.717) is 17.0 Å². The van der Waals surface area contributed by atoms with E-state index in [9.17, 15) is 4.79 Å². The maximum Gasteiger partial charge on any atom is 0.363 e. The van der Waals surface area contributed by atoms with Crippen molar-refractivity contribution in [3.05, 3.63) is 29.2 Å². The smallest absolute Gasteiger partial charge is 0.363 e. The number of allylic oxidation sites excluding steroid dienone is 1. The Kier molecular flexibility index (Phi) is 2.05. The van der Waals surface area contributed by atoms with Gasteiger partial charge >= 0.3 is 5.97 Å². The summed E-state index contributed by atoms with van der Waals surface area (Å²) in [6.45, 7) is 0. The summed E-state index contributed by atoms with van der Waals surface area (Å²) in [6.07, 6.45) is 7.66. The highest BCUT2D eigenvalue weighted by Crippen LogP contribution is 2.59. The molecule has 2 heterocycles. The standard InChI is InChI=1S/C14H15N3O2/c1-17-10(3-6-15-17)12-16-11(13(18)19-12)9-7-14(8-9)4-2-5-14/h3,6H,2,4-5,7-8H2,1H3. The van der Waals surface area contributed by atoms with Gasteiger partial charge in [0.2, 0.25) is 5.90 Å². The zero-order chi connectivity index (χ0) is 13.0. The van der Waals surface area contributed by atoms with Crippen molar-refractivity contribution in [3.8, 4) is 0 Å². The van der Waals surface area contributed by atoms with Gasteiger partial charge in [-0.1, -0.05) is 6.42 Å². The Morgan fingerprint density at radius 1 is 1.37 bits per heavy atom. The normalized spacial score (nSPS) is 24.1. The second-order valence-corrected chi connectivity index (χ2v) is 5.81.